The quantitative estimate of drug-likeness (QED) is 0.608. The van der Waals surface area contributed by atoms with Crippen molar-refractivity contribution in [3.8, 4) is 0 Å². The van der Waals surface area contributed by atoms with E-state index in [-0.39, 0.29) is 0 Å². The Morgan fingerprint density at radius 3 is 2.57 bits per heavy atom. The van der Waals surface area contributed by atoms with Gasteiger partial charge in [0.25, 0.3) is 0 Å². The van der Waals surface area contributed by atoms with Crippen LogP contribution in [0.3, 0.4) is 0 Å². The maximum atomic E-state index is 7.86. The molecule has 0 unspecified atom stereocenters. The Morgan fingerprint density at radius 1 is 1.43 bits per heavy atom. The lowest BCUT2D eigenvalue weighted by molar-refractivity contribution is 0.261. The van der Waals surface area contributed by atoms with Crippen LogP contribution in [0.5, 0.6) is 0 Å². The molecule has 0 atom stereocenters. The van der Waals surface area contributed by atoms with Gasteiger partial charge in [-0.1, -0.05) is 6.92 Å². The third kappa shape index (κ3) is 2.49. The smallest absolute Gasteiger partial charge is 0.0497 e. The zero-order valence-corrected chi connectivity index (χ0v) is 10.7. The van der Waals surface area contributed by atoms with Crippen LogP contribution in [0, 0.1) is 17.2 Å². The van der Waals surface area contributed by atoms with E-state index < -0.39 is 0 Å². The first-order chi connectivity index (χ1) is 6.66. The first kappa shape index (κ1) is 10.5. The number of nitrogens with one attached hydrogen (secondary N) is 2. The number of hydrogen-bond acceptors (Lipinski definition) is 2. The molecule has 14 heavy (non-hydrogen) atoms. The van der Waals surface area contributed by atoms with Gasteiger partial charge >= 0.3 is 0 Å². The molecule has 3 heteroatoms. The first-order valence-corrected chi connectivity index (χ1v) is 6.45. The highest BCUT2D eigenvalue weighted by Crippen LogP contribution is 2.34. The average Bonchev–Trinajstić information content (AvgIpc) is 2.91. The van der Waals surface area contributed by atoms with E-state index in [0.717, 1.165) is 15.2 Å². The van der Waals surface area contributed by atoms with Crippen molar-refractivity contribution in [1.82, 2.24) is 5.32 Å². The minimum absolute atomic E-state index is 0.570. The second-order valence-electron chi connectivity index (χ2n) is 4.62. The summed E-state index contributed by atoms with van der Waals surface area (Å²) in [6.45, 7) is 2.29. The monoisotopic (exact) mass is 304 g/mol. The highest BCUT2D eigenvalue weighted by atomic mass is 127. The van der Waals surface area contributed by atoms with Crippen LogP contribution in [0.25, 0.3) is 0 Å². The van der Waals surface area contributed by atoms with Crippen molar-refractivity contribution in [1.29, 1.82) is 5.41 Å². The molecular formula is C11H17IN2. The standard InChI is InChI=1S/C11H17IN2/c1-7-4-9(5-7)14-6-10(12)11(13)8-2-3-8/h6-9,13-14H,2-5H2,1H3/b10-6+,13-11?. The van der Waals surface area contributed by atoms with E-state index in [1.165, 1.54) is 25.7 Å². The fraction of sp³-hybridized carbons (Fsp3) is 0.727. The van der Waals surface area contributed by atoms with Gasteiger partial charge in [0.05, 0.1) is 0 Å². The molecule has 0 heterocycles. The van der Waals surface area contributed by atoms with E-state index in [2.05, 4.69) is 34.8 Å². The lowest BCUT2D eigenvalue weighted by Gasteiger charge is -2.32. The molecule has 0 aliphatic heterocycles. The van der Waals surface area contributed by atoms with Gasteiger partial charge in [0, 0.05) is 27.5 Å². The molecule has 2 fully saturated rings. The summed E-state index contributed by atoms with van der Waals surface area (Å²) in [7, 11) is 0. The molecular weight excluding hydrogens is 287 g/mol. The third-order valence-corrected chi connectivity index (χ3v) is 3.95. The van der Waals surface area contributed by atoms with Crippen molar-refractivity contribution in [2.75, 3.05) is 0 Å². The highest BCUT2D eigenvalue weighted by Gasteiger charge is 2.28. The normalized spacial score (nSPS) is 32.3. The molecule has 2 aliphatic carbocycles. The van der Waals surface area contributed by atoms with Crippen LogP contribution in [0.1, 0.15) is 32.6 Å². The van der Waals surface area contributed by atoms with Crippen molar-refractivity contribution in [2.45, 2.75) is 38.6 Å². The van der Waals surface area contributed by atoms with Crippen molar-refractivity contribution in [3.63, 3.8) is 0 Å². The number of halogens is 1. The lowest BCUT2D eigenvalue weighted by Crippen LogP contribution is -2.37. The van der Waals surface area contributed by atoms with Gasteiger partial charge in [0.15, 0.2) is 0 Å². The van der Waals surface area contributed by atoms with Gasteiger partial charge in [-0.15, -0.1) is 0 Å². The van der Waals surface area contributed by atoms with E-state index >= 15 is 0 Å². The first-order valence-electron chi connectivity index (χ1n) is 5.37. The maximum Gasteiger partial charge on any atom is 0.0497 e. The zero-order valence-electron chi connectivity index (χ0n) is 8.52. The van der Waals surface area contributed by atoms with Crippen LogP contribution in [-0.2, 0) is 0 Å². The molecule has 0 aromatic rings. The van der Waals surface area contributed by atoms with Gasteiger partial charge in [0.1, 0.15) is 0 Å². The van der Waals surface area contributed by atoms with Crippen molar-refractivity contribution < 1.29 is 0 Å². The fourth-order valence-electron chi connectivity index (χ4n) is 1.87. The second-order valence-corrected chi connectivity index (χ2v) is 5.78. The SMILES string of the molecule is CC1CC(N/C=C(/I)C(=N)C2CC2)C1. The molecule has 0 aromatic heterocycles. The Morgan fingerprint density at radius 2 is 2.07 bits per heavy atom. The molecule has 2 rings (SSSR count). The molecule has 2 saturated carbocycles. The Bertz CT molecular complexity index is 262. The second kappa shape index (κ2) is 4.21. The molecule has 78 valence electrons. The molecule has 0 amide bonds. The Balaban J connectivity index is 1.76. The van der Waals surface area contributed by atoms with Crippen LogP contribution in [0.4, 0.5) is 0 Å². The molecule has 0 radical (unpaired) electrons. The summed E-state index contributed by atoms with van der Waals surface area (Å²) in [6.07, 6.45) is 7.06. The summed E-state index contributed by atoms with van der Waals surface area (Å²) in [6, 6.07) is 0.668. The van der Waals surface area contributed by atoms with Crippen LogP contribution < -0.4 is 5.32 Å². The summed E-state index contributed by atoms with van der Waals surface area (Å²) < 4.78 is 1.10. The van der Waals surface area contributed by atoms with Crippen LogP contribution >= 0.6 is 22.6 Å². The van der Waals surface area contributed by atoms with Crippen molar-refractivity contribution in [3.05, 3.63) is 9.78 Å². The van der Waals surface area contributed by atoms with Crippen molar-refractivity contribution in [2.24, 2.45) is 11.8 Å². The fourth-order valence-corrected chi connectivity index (χ4v) is 2.49. The van der Waals surface area contributed by atoms with Crippen LogP contribution in [-0.4, -0.2) is 11.8 Å². The average molecular weight is 304 g/mol. The molecule has 2 aliphatic rings. The summed E-state index contributed by atoms with van der Waals surface area (Å²) in [5.41, 5.74) is 0.838. The maximum absolute atomic E-state index is 7.86. The molecule has 2 N–H and O–H groups in total. The van der Waals surface area contributed by atoms with E-state index in [4.69, 9.17) is 5.41 Å². The minimum atomic E-state index is 0.570. The summed E-state index contributed by atoms with van der Waals surface area (Å²) in [4.78, 5) is 0. The van der Waals surface area contributed by atoms with Crippen LogP contribution in [0.2, 0.25) is 0 Å². The van der Waals surface area contributed by atoms with Crippen LogP contribution in [0.15, 0.2) is 9.78 Å². The van der Waals surface area contributed by atoms with E-state index in [1.807, 2.05) is 6.20 Å². The predicted molar refractivity (Wildman–Crippen MR) is 67.9 cm³/mol. The van der Waals surface area contributed by atoms with Gasteiger partial charge in [-0.25, -0.2) is 0 Å². The molecule has 0 bridgehead atoms. The number of rotatable bonds is 4. The number of allylic oxidation sites excluding steroid dienone is 1. The molecule has 2 nitrogen and oxygen atoms in total. The highest BCUT2D eigenvalue weighted by molar-refractivity contribution is 14.1. The van der Waals surface area contributed by atoms with Crippen molar-refractivity contribution >= 4 is 28.3 Å². The number of hydrogen-bond donors (Lipinski definition) is 2. The van der Waals surface area contributed by atoms with Gasteiger partial charge < -0.3 is 10.7 Å². The topological polar surface area (TPSA) is 35.9 Å². The Labute approximate surface area is 99.2 Å². The van der Waals surface area contributed by atoms with Gasteiger partial charge in [0.2, 0.25) is 0 Å². The summed E-state index contributed by atoms with van der Waals surface area (Å²) >= 11 is 2.28. The predicted octanol–water partition coefficient (Wildman–Crippen LogP) is 3.08. The lowest BCUT2D eigenvalue weighted by atomic mass is 9.82. The molecule has 0 aromatic carbocycles. The van der Waals surface area contributed by atoms with Gasteiger partial charge in [-0.05, 0) is 54.2 Å². The van der Waals surface area contributed by atoms with Gasteiger partial charge in [-0.2, -0.15) is 0 Å². The van der Waals surface area contributed by atoms with E-state index in [0.29, 0.717) is 12.0 Å². The molecule has 0 spiro atoms. The summed E-state index contributed by atoms with van der Waals surface area (Å²) in [5.74, 6) is 1.46. The third-order valence-electron chi connectivity index (χ3n) is 3.06. The van der Waals surface area contributed by atoms with E-state index in [9.17, 15) is 0 Å². The Kier molecular flexibility index (Phi) is 3.14. The Hall–Kier alpha value is -0.0600. The zero-order chi connectivity index (χ0) is 10.1. The van der Waals surface area contributed by atoms with Gasteiger partial charge in [-0.3, -0.25) is 0 Å². The summed E-state index contributed by atoms with van der Waals surface area (Å²) in [5, 5.41) is 11.3. The van der Waals surface area contributed by atoms with E-state index in [1.54, 1.807) is 0 Å². The minimum Gasteiger partial charge on any atom is -0.387 e. The largest absolute Gasteiger partial charge is 0.387 e. The molecule has 0 saturated heterocycles.